The summed E-state index contributed by atoms with van der Waals surface area (Å²) >= 11 is 0. The van der Waals surface area contributed by atoms with Crippen LogP contribution in [0.2, 0.25) is 0 Å². The number of alkyl halides is 3. The Bertz CT molecular complexity index is 396. The standard InChI is InChI=1S/C14H18F3N/c1-10(11-6-7-11)8-18-9-12-4-2-3-5-13(12)14(15,16)17/h2-5,10-11,18H,6-9H2,1H3. The fraction of sp³-hybridized carbons (Fsp3) is 0.571. The molecule has 100 valence electrons. The Balaban J connectivity index is 1.92. The smallest absolute Gasteiger partial charge is 0.312 e. The van der Waals surface area contributed by atoms with E-state index in [-0.39, 0.29) is 6.54 Å². The molecule has 0 bridgehead atoms. The topological polar surface area (TPSA) is 12.0 Å². The lowest BCUT2D eigenvalue weighted by Gasteiger charge is -2.15. The highest BCUT2D eigenvalue weighted by molar-refractivity contribution is 5.29. The van der Waals surface area contributed by atoms with Crippen molar-refractivity contribution in [2.75, 3.05) is 6.54 Å². The van der Waals surface area contributed by atoms with Crippen LogP contribution in [0, 0.1) is 11.8 Å². The SMILES string of the molecule is CC(CNCc1ccccc1C(F)(F)F)C1CC1. The second-order valence-electron chi connectivity index (χ2n) is 5.10. The summed E-state index contributed by atoms with van der Waals surface area (Å²) in [5.41, 5.74) is -0.204. The van der Waals surface area contributed by atoms with E-state index in [2.05, 4.69) is 12.2 Å². The lowest BCUT2D eigenvalue weighted by molar-refractivity contribution is -0.138. The second-order valence-corrected chi connectivity index (χ2v) is 5.10. The molecule has 4 heteroatoms. The molecule has 1 atom stereocenters. The molecule has 1 N–H and O–H groups in total. The number of rotatable bonds is 5. The lowest BCUT2D eigenvalue weighted by Crippen LogP contribution is -2.23. The maximum Gasteiger partial charge on any atom is 0.416 e. The predicted octanol–water partition coefficient (Wildman–Crippen LogP) is 3.84. The van der Waals surface area contributed by atoms with Crippen molar-refractivity contribution in [3.63, 3.8) is 0 Å². The highest BCUT2D eigenvalue weighted by Crippen LogP contribution is 2.36. The van der Waals surface area contributed by atoms with Gasteiger partial charge in [0.25, 0.3) is 0 Å². The molecule has 1 aromatic rings. The maximum atomic E-state index is 12.7. The molecule has 1 nitrogen and oxygen atoms in total. The first-order chi connectivity index (χ1) is 8.48. The molecule has 18 heavy (non-hydrogen) atoms. The molecule has 2 rings (SSSR count). The van der Waals surface area contributed by atoms with Crippen LogP contribution in [0.25, 0.3) is 0 Å². The molecule has 1 aliphatic rings. The molecule has 0 aromatic heterocycles. The number of benzene rings is 1. The van der Waals surface area contributed by atoms with Crippen LogP contribution in [0.4, 0.5) is 13.2 Å². The van der Waals surface area contributed by atoms with Gasteiger partial charge in [-0.1, -0.05) is 25.1 Å². The molecule has 1 aliphatic carbocycles. The normalized spacial score (nSPS) is 17.8. The highest BCUT2D eigenvalue weighted by atomic mass is 19.4. The van der Waals surface area contributed by atoms with E-state index in [4.69, 9.17) is 0 Å². The average molecular weight is 257 g/mol. The Kier molecular flexibility index (Phi) is 3.95. The lowest BCUT2D eigenvalue weighted by atomic mass is 10.1. The summed E-state index contributed by atoms with van der Waals surface area (Å²) < 4.78 is 38.2. The van der Waals surface area contributed by atoms with Gasteiger partial charge in [-0.25, -0.2) is 0 Å². The van der Waals surface area contributed by atoms with Gasteiger partial charge in [0.2, 0.25) is 0 Å². The molecule has 0 saturated heterocycles. The molecule has 0 amide bonds. The van der Waals surface area contributed by atoms with Crippen LogP contribution in [-0.4, -0.2) is 6.54 Å². The van der Waals surface area contributed by atoms with Crippen molar-refractivity contribution in [3.05, 3.63) is 35.4 Å². The minimum Gasteiger partial charge on any atom is -0.312 e. The minimum absolute atomic E-state index is 0.284. The number of nitrogens with one attached hydrogen (secondary N) is 1. The summed E-state index contributed by atoms with van der Waals surface area (Å²) in [6, 6.07) is 5.76. The van der Waals surface area contributed by atoms with Gasteiger partial charge in [0.05, 0.1) is 5.56 Å². The van der Waals surface area contributed by atoms with Crippen molar-refractivity contribution in [1.29, 1.82) is 0 Å². The summed E-state index contributed by atoms with van der Waals surface area (Å²) in [5.74, 6) is 1.33. The van der Waals surface area contributed by atoms with Crippen molar-refractivity contribution in [1.82, 2.24) is 5.32 Å². The van der Waals surface area contributed by atoms with E-state index in [0.717, 1.165) is 18.5 Å². The predicted molar refractivity (Wildman–Crippen MR) is 65.0 cm³/mol. The molecule has 0 radical (unpaired) electrons. The van der Waals surface area contributed by atoms with Crippen LogP contribution in [0.5, 0.6) is 0 Å². The van der Waals surface area contributed by atoms with Crippen molar-refractivity contribution < 1.29 is 13.2 Å². The van der Waals surface area contributed by atoms with E-state index in [1.165, 1.54) is 25.0 Å². The minimum atomic E-state index is -4.26. The maximum absolute atomic E-state index is 12.7. The van der Waals surface area contributed by atoms with Gasteiger partial charge in [-0.15, -0.1) is 0 Å². The first kappa shape index (κ1) is 13.4. The zero-order valence-electron chi connectivity index (χ0n) is 10.4. The third-order valence-electron chi connectivity index (χ3n) is 3.53. The van der Waals surface area contributed by atoms with Gasteiger partial charge in [0.15, 0.2) is 0 Å². The summed E-state index contributed by atoms with van der Waals surface area (Å²) in [6.45, 7) is 3.23. The van der Waals surface area contributed by atoms with Gasteiger partial charge in [-0.05, 0) is 42.9 Å². The van der Waals surface area contributed by atoms with Crippen LogP contribution in [0.3, 0.4) is 0 Å². The molecule has 0 heterocycles. The van der Waals surface area contributed by atoms with Crippen LogP contribution in [-0.2, 0) is 12.7 Å². The second kappa shape index (κ2) is 5.31. The average Bonchev–Trinajstić information content (AvgIpc) is 3.12. The molecular weight excluding hydrogens is 239 g/mol. The molecular formula is C14H18F3N. The van der Waals surface area contributed by atoms with Gasteiger partial charge >= 0.3 is 6.18 Å². The molecule has 0 aliphatic heterocycles. The number of hydrogen-bond acceptors (Lipinski definition) is 1. The zero-order chi connectivity index (χ0) is 13.2. The number of halogens is 3. The van der Waals surface area contributed by atoms with Crippen LogP contribution in [0.15, 0.2) is 24.3 Å². The number of hydrogen-bond donors (Lipinski definition) is 1. The van der Waals surface area contributed by atoms with E-state index in [0.29, 0.717) is 11.5 Å². The summed E-state index contributed by atoms with van der Waals surface area (Å²) in [7, 11) is 0. The first-order valence-corrected chi connectivity index (χ1v) is 6.34. The molecule has 1 saturated carbocycles. The largest absolute Gasteiger partial charge is 0.416 e. The van der Waals surface area contributed by atoms with Crippen LogP contribution < -0.4 is 5.32 Å². The zero-order valence-corrected chi connectivity index (χ0v) is 10.4. The van der Waals surface area contributed by atoms with Gasteiger partial charge in [0, 0.05) is 6.54 Å². The fourth-order valence-electron chi connectivity index (χ4n) is 2.22. The van der Waals surface area contributed by atoms with E-state index in [1.54, 1.807) is 6.07 Å². The Morgan fingerprint density at radius 3 is 2.56 bits per heavy atom. The monoisotopic (exact) mass is 257 g/mol. The van der Waals surface area contributed by atoms with E-state index in [1.807, 2.05) is 0 Å². The quantitative estimate of drug-likeness (QED) is 0.845. The summed E-state index contributed by atoms with van der Waals surface area (Å²) in [4.78, 5) is 0. The summed E-state index contributed by atoms with van der Waals surface area (Å²) in [5, 5.41) is 3.14. The van der Waals surface area contributed by atoms with Crippen LogP contribution in [0.1, 0.15) is 30.9 Å². The molecule has 1 fully saturated rings. The van der Waals surface area contributed by atoms with E-state index >= 15 is 0 Å². The Morgan fingerprint density at radius 2 is 1.94 bits per heavy atom. The Morgan fingerprint density at radius 1 is 1.28 bits per heavy atom. The third kappa shape index (κ3) is 3.48. The highest BCUT2D eigenvalue weighted by Gasteiger charge is 2.33. The fourth-order valence-corrected chi connectivity index (χ4v) is 2.22. The van der Waals surface area contributed by atoms with Crippen molar-refractivity contribution in [2.45, 2.75) is 32.5 Å². The molecule has 0 spiro atoms. The third-order valence-corrected chi connectivity index (χ3v) is 3.53. The van der Waals surface area contributed by atoms with Crippen molar-refractivity contribution >= 4 is 0 Å². The summed E-state index contributed by atoms with van der Waals surface area (Å²) in [6.07, 6.45) is -1.73. The van der Waals surface area contributed by atoms with Crippen LogP contribution >= 0.6 is 0 Å². The molecule has 1 unspecified atom stereocenters. The van der Waals surface area contributed by atoms with Crippen molar-refractivity contribution in [3.8, 4) is 0 Å². The van der Waals surface area contributed by atoms with Gasteiger partial charge in [0.1, 0.15) is 0 Å². The first-order valence-electron chi connectivity index (χ1n) is 6.34. The van der Waals surface area contributed by atoms with Gasteiger partial charge in [-0.2, -0.15) is 13.2 Å². The molecule has 1 aromatic carbocycles. The van der Waals surface area contributed by atoms with E-state index in [9.17, 15) is 13.2 Å². The van der Waals surface area contributed by atoms with Gasteiger partial charge in [-0.3, -0.25) is 0 Å². The Labute approximate surface area is 105 Å². The Hall–Kier alpha value is -1.03. The van der Waals surface area contributed by atoms with E-state index < -0.39 is 11.7 Å². The van der Waals surface area contributed by atoms with Crippen molar-refractivity contribution in [2.24, 2.45) is 11.8 Å². The van der Waals surface area contributed by atoms with Gasteiger partial charge < -0.3 is 5.32 Å².